The van der Waals surface area contributed by atoms with E-state index in [9.17, 15) is 26.3 Å². The number of nitrogens with one attached hydrogen (secondary N) is 1. The van der Waals surface area contributed by atoms with Gasteiger partial charge in [-0.15, -0.1) is 26.3 Å². The van der Waals surface area contributed by atoms with E-state index in [1.165, 1.54) is 43.5 Å². The number of alkyl halides is 6. The monoisotopic (exact) mass is 576 g/mol. The second-order valence-electron chi connectivity index (χ2n) is 9.17. The summed E-state index contributed by atoms with van der Waals surface area (Å²) in [5.41, 5.74) is 1.12. The molecule has 0 aliphatic rings. The number of benzene rings is 3. The Morgan fingerprint density at radius 2 is 1.29 bits per heavy atom. The Bertz CT molecular complexity index is 1370. The maximum absolute atomic E-state index is 13.1. The quantitative estimate of drug-likeness (QED) is 0.191. The van der Waals surface area contributed by atoms with E-state index in [1.807, 2.05) is 18.2 Å². The van der Waals surface area contributed by atoms with Gasteiger partial charge < -0.3 is 19.5 Å². The number of nitrogens with zero attached hydrogens (tertiary/aromatic N) is 1. The van der Waals surface area contributed by atoms with E-state index in [1.54, 1.807) is 42.6 Å². The lowest BCUT2D eigenvalue weighted by Gasteiger charge is -2.36. The molecule has 0 aliphatic carbocycles. The Balaban J connectivity index is 1.85. The van der Waals surface area contributed by atoms with Crippen LogP contribution in [0.1, 0.15) is 22.3 Å². The fraction of sp³-hybridized carbons (Fsp3) is 0.233. The minimum atomic E-state index is -4.93. The summed E-state index contributed by atoms with van der Waals surface area (Å²) in [7, 11) is 1.48. The van der Waals surface area contributed by atoms with Crippen LogP contribution in [-0.4, -0.2) is 31.4 Å². The zero-order valence-electron chi connectivity index (χ0n) is 21.8. The lowest BCUT2D eigenvalue weighted by molar-refractivity contribution is -0.275. The molecule has 11 heteroatoms. The van der Waals surface area contributed by atoms with Gasteiger partial charge in [0, 0.05) is 30.3 Å². The van der Waals surface area contributed by atoms with Gasteiger partial charge in [-0.1, -0.05) is 60.7 Å². The molecular weight excluding hydrogens is 550 g/mol. The third-order valence-corrected chi connectivity index (χ3v) is 6.37. The van der Waals surface area contributed by atoms with Crippen LogP contribution < -0.4 is 19.5 Å². The first-order valence-electron chi connectivity index (χ1n) is 12.4. The summed E-state index contributed by atoms with van der Waals surface area (Å²) in [6.07, 6.45) is -8.08. The Hall–Kier alpha value is -4.25. The minimum Gasteiger partial charge on any atom is -0.481 e. The van der Waals surface area contributed by atoms with Gasteiger partial charge in [-0.25, -0.2) is 4.98 Å². The van der Waals surface area contributed by atoms with Crippen LogP contribution in [0.4, 0.5) is 26.3 Å². The molecule has 0 saturated carbocycles. The van der Waals surface area contributed by atoms with Gasteiger partial charge in [-0.3, -0.25) is 0 Å². The van der Waals surface area contributed by atoms with Crippen LogP contribution in [-0.2, 0) is 18.4 Å². The number of rotatable bonds is 11. The molecule has 0 fully saturated rings. The molecule has 4 rings (SSSR count). The number of aromatic nitrogens is 1. The predicted molar refractivity (Wildman–Crippen MR) is 140 cm³/mol. The molecule has 216 valence electrons. The van der Waals surface area contributed by atoms with E-state index in [2.05, 4.69) is 19.8 Å². The molecule has 1 heterocycles. The minimum absolute atomic E-state index is 0.102. The van der Waals surface area contributed by atoms with Crippen molar-refractivity contribution in [3.8, 4) is 17.4 Å². The van der Waals surface area contributed by atoms with Crippen molar-refractivity contribution < 1.29 is 40.6 Å². The average molecular weight is 577 g/mol. The zero-order chi connectivity index (χ0) is 29.5. The highest BCUT2D eigenvalue weighted by molar-refractivity contribution is 5.47. The number of pyridine rings is 1. The maximum atomic E-state index is 13.1. The first-order chi connectivity index (χ1) is 19.5. The molecule has 0 unspecified atom stereocenters. The maximum Gasteiger partial charge on any atom is 0.573 e. The molecule has 0 spiro atoms. The molecule has 0 atom stereocenters. The Labute approximate surface area is 232 Å². The van der Waals surface area contributed by atoms with Crippen molar-refractivity contribution in [1.29, 1.82) is 0 Å². The number of halogens is 6. The van der Waals surface area contributed by atoms with Crippen molar-refractivity contribution in [3.63, 3.8) is 0 Å². The molecule has 0 bridgehead atoms. The number of hydrogen-bond acceptors (Lipinski definition) is 5. The molecule has 0 aliphatic heterocycles. The van der Waals surface area contributed by atoms with Gasteiger partial charge in [-0.05, 0) is 53.4 Å². The van der Waals surface area contributed by atoms with Gasteiger partial charge in [0.2, 0.25) is 5.88 Å². The fourth-order valence-electron chi connectivity index (χ4n) is 4.72. The van der Waals surface area contributed by atoms with Crippen molar-refractivity contribution in [2.45, 2.75) is 31.1 Å². The summed E-state index contributed by atoms with van der Waals surface area (Å²) in [4.78, 5) is 4.18. The molecule has 0 amide bonds. The largest absolute Gasteiger partial charge is 0.573 e. The molecule has 3 aromatic carbocycles. The Morgan fingerprint density at radius 3 is 1.83 bits per heavy atom. The van der Waals surface area contributed by atoms with E-state index >= 15 is 0 Å². The van der Waals surface area contributed by atoms with E-state index in [0.717, 1.165) is 5.56 Å². The second-order valence-corrected chi connectivity index (χ2v) is 9.17. The summed E-state index contributed by atoms with van der Waals surface area (Å²) >= 11 is 0. The molecule has 4 aromatic rings. The number of hydrogen-bond donors (Lipinski definition) is 1. The highest BCUT2D eigenvalue weighted by Crippen LogP contribution is 2.40. The summed E-state index contributed by atoms with van der Waals surface area (Å²) in [5.74, 6) is -0.525. The van der Waals surface area contributed by atoms with Crippen LogP contribution in [0.25, 0.3) is 0 Å². The number of ether oxygens (including phenoxy) is 3. The van der Waals surface area contributed by atoms with Crippen molar-refractivity contribution in [2.75, 3.05) is 13.7 Å². The fourth-order valence-corrected chi connectivity index (χ4v) is 4.72. The van der Waals surface area contributed by atoms with E-state index in [-0.39, 0.29) is 19.5 Å². The van der Waals surface area contributed by atoms with Gasteiger partial charge >= 0.3 is 12.7 Å². The first kappa shape index (κ1) is 29.7. The summed E-state index contributed by atoms with van der Waals surface area (Å²) < 4.78 is 92.5. The molecular formula is C30H26F6N2O3. The molecule has 1 N–H and O–H groups in total. The normalized spacial score (nSPS) is 12.2. The highest BCUT2D eigenvalue weighted by Gasteiger charge is 2.38. The highest BCUT2D eigenvalue weighted by atomic mass is 19.4. The first-order valence-corrected chi connectivity index (χ1v) is 12.4. The molecule has 0 saturated heterocycles. The van der Waals surface area contributed by atoms with E-state index in [0.29, 0.717) is 22.6 Å². The predicted octanol–water partition coefficient (Wildman–Crippen LogP) is 7.21. The van der Waals surface area contributed by atoms with Crippen molar-refractivity contribution >= 4 is 0 Å². The standard InChI is InChI=1S/C30H26F6N2O3/c1-39-27-22(10-7-15-38-27)19-37-20-28(18-21-8-3-2-4-9-21,23-11-5-13-25(16-23)40-29(31,32)33)24-12-6-14-26(17-24)41-30(34,35)36/h2-17,37H,18-20H2,1H3. The molecule has 1 aromatic heterocycles. The molecule has 0 radical (unpaired) electrons. The van der Waals surface area contributed by atoms with Crippen LogP contribution in [0.15, 0.2) is 97.2 Å². The van der Waals surface area contributed by atoms with Crippen LogP contribution in [0.5, 0.6) is 17.4 Å². The van der Waals surface area contributed by atoms with E-state index in [4.69, 9.17) is 4.74 Å². The van der Waals surface area contributed by atoms with Crippen LogP contribution in [0, 0.1) is 0 Å². The summed E-state index contributed by atoms with van der Waals surface area (Å²) in [6, 6.07) is 23.5. The van der Waals surface area contributed by atoms with Gasteiger partial charge in [0.05, 0.1) is 7.11 Å². The van der Waals surface area contributed by atoms with Crippen molar-refractivity contribution in [2.24, 2.45) is 0 Å². The summed E-state index contributed by atoms with van der Waals surface area (Å²) in [5, 5.41) is 3.32. The third-order valence-electron chi connectivity index (χ3n) is 6.37. The summed E-state index contributed by atoms with van der Waals surface area (Å²) in [6.45, 7) is 0.357. The SMILES string of the molecule is COc1ncccc1CNCC(Cc1ccccc1)(c1cccc(OC(F)(F)F)c1)c1cccc(OC(F)(F)F)c1. The van der Waals surface area contributed by atoms with Crippen LogP contribution in [0.3, 0.4) is 0 Å². The van der Waals surface area contributed by atoms with Crippen LogP contribution in [0.2, 0.25) is 0 Å². The average Bonchev–Trinajstić information content (AvgIpc) is 2.92. The van der Waals surface area contributed by atoms with Gasteiger partial charge in [0.25, 0.3) is 0 Å². The topological polar surface area (TPSA) is 52.6 Å². The number of methoxy groups -OCH3 is 1. The van der Waals surface area contributed by atoms with Crippen LogP contribution >= 0.6 is 0 Å². The smallest absolute Gasteiger partial charge is 0.481 e. The lowest BCUT2D eigenvalue weighted by atomic mass is 9.70. The lowest BCUT2D eigenvalue weighted by Crippen LogP contribution is -2.41. The third kappa shape index (κ3) is 8.14. The van der Waals surface area contributed by atoms with Gasteiger partial charge in [0.15, 0.2) is 0 Å². The van der Waals surface area contributed by atoms with Gasteiger partial charge in [-0.2, -0.15) is 0 Å². The van der Waals surface area contributed by atoms with E-state index < -0.39 is 29.6 Å². The van der Waals surface area contributed by atoms with Gasteiger partial charge in [0.1, 0.15) is 11.5 Å². The second kappa shape index (κ2) is 12.5. The molecule has 41 heavy (non-hydrogen) atoms. The Morgan fingerprint density at radius 1 is 0.707 bits per heavy atom. The Kier molecular flexibility index (Phi) is 9.07. The van der Waals surface area contributed by atoms with Crippen molar-refractivity contribution in [1.82, 2.24) is 10.3 Å². The van der Waals surface area contributed by atoms with Crippen molar-refractivity contribution in [3.05, 3.63) is 119 Å². The zero-order valence-corrected chi connectivity index (χ0v) is 21.8. The molecule has 5 nitrogen and oxygen atoms in total.